The third-order valence-electron chi connectivity index (χ3n) is 6.12. The molecule has 0 saturated heterocycles. The average molecular weight is 521 g/mol. The summed E-state index contributed by atoms with van der Waals surface area (Å²) in [6, 6.07) is 12.6. The molecule has 2 amide bonds. The van der Waals surface area contributed by atoms with E-state index >= 15 is 0 Å². The number of aryl methyl sites for hydroxylation is 1. The minimum Gasteiger partial charge on any atom is -0.350 e. The number of para-hydroxylation sites is 1. The zero-order valence-electron chi connectivity index (χ0n) is 21.7. The molecule has 2 heterocycles. The zero-order valence-corrected chi connectivity index (χ0v) is 22.6. The molecule has 10 heteroatoms. The lowest BCUT2D eigenvalue weighted by molar-refractivity contribution is -0.113. The van der Waals surface area contributed by atoms with E-state index in [0.717, 1.165) is 17.7 Å². The van der Waals surface area contributed by atoms with Gasteiger partial charge in [-0.3, -0.25) is 23.4 Å². The summed E-state index contributed by atoms with van der Waals surface area (Å²) in [6.07, 6.45) is 0.806. The molecule has 2 aromatic carbocycles. The van der Waals surface area contributed by atoms with Crippen molar-refractivity contribution < 1.29 is 9.59 Å². The number of nitrogens with one attached hydrogen (secondary N) is 2. The lowest BCUT2D eigenvalue weighted by Gasteiger charge is -2.15. The number of anilines is 1. The highest BCUT2D eigenvalue weighted by molar-refractivity contribution is 7.99. The van der Waals surface area contributed by atoms with Crippen molar-refractivity contribution in [2.45, 2.75) is 58.8 Å². The molecule has 194 valence electrons. The van der Waals surface area contributed by atoms with Gasteiger partial charge in [-0.25, -0.2) is 0 Å². The van der Waals surface area contributed by atoms with Crippen LogP contribution in [0.15, 0.2) is 52.4 Å². The van der Waals surface area contributed by atoms with Crippen molar-refractivity contribution >= 4 is 45.9 Å². The van der Waals surface area contributed by atoms with Gasteiger partial charge in [0.05, 0.1) is 16.7 Å². The van der Waals surface area contributed by atoms with Gasteiger partial charge >= 0.3 is 0 Å². The van der Waals surface area contributed by atoms with Crippen LogP contribution in [0, 0.1) is 12.8 Å². The molecule has 0 aliphatic carbocycles. The Labute approximate surface area is 219 Å². The molecule has 37 heavy (non-hydrogen) atoms. The van der Waals surface area contributed by atoms with Crippen molar-refractivity contribution in [3.8, 4) is 0 Å². The van der Waals surface area contributed by atoms with Crippen LogP contribution in [0.1, 0.15) is 50.0 Å². The Balaban J connectivity index is 1.75. The number of carbonyl (C=O) groups is 2. The van der Waals surface area contributed by atoms with Crippen molar-refractivity contribution in [3.05, 3.63) is 63.9 Å². The molecule has 0 aliphatic heterocycles. The van der Waals surface area contributed by atoms with Crippen LogP contribution in [0.25, 0.3) is 16.7 Å². The fourth-order valence-corrected chi connectivity index (χ4v) is 4.72. The summed E-state index contributed by atoms with van der Waals surface area (Å²) in [6.45, 7) is 10.4. The Bertz CT molecular complexity index is 1520. The van der Waals surface area contributed by atoms with Gasteiger partial charge in [-0.05, 0) is 56.0 Å². The minimum atomic E-state index is -0.212. The number of carbonyl (C=O) groups excluding carboxylic acids is 2. The van der Waals surface area contributed by atoms with Crippen molar-refractivity contribution in [1.82, 2.24) is 24.5 Å². The van der Waals surface area contributed by atoms with Crippen molar-refractivity contribution in [1.29, 1.82) is 0 Å². The number of rotatable bonds is 9. The Kier molecular flexibility index (Phi) is 7.97. The second-order valence-corrected chi connectivity index (χ2v) is 10.5. The molecule has 4 rings (SSSR count). The first-order valence-corrected chi connectivity index (χ1v) is 13.4. The SMILES string of the molecule is CC[C@@H](C)NC(=O)c1ccc2c(=O)n(CC(C)C)c3nnc(SCC(=O)Nc4ccccc4C)n3c2c1. The molecular formula is C27H32N6O3S. The Morgan fingerprint density at radius 2 is 1.84 bits per heavy atom. The third-order valence-corrected chi connectivity index (χ3v) is 7.05. The van der Waals surface area contributed by atoms with Gasteiger partial charge in [0.1, 0.15) is 0 Å². The first kappa shape index (κ1) is 26.4. The van der Waals surface area contributed by atoms with Crippen LogP contribution in [0.2, 0.25) is 0 Å². The molecule has 0 unspecified atom stereocenters. The van der Waals surface area contributed by atoms with Gasteiger partial charge in [-0.1, -0.05) is 50.7 Å². The van der Waals surface area contributed by atoms with E-state index in [1.54, 1.807) is 27.2 Å². The maximum atomic E-state index is 13.4. The molecule has 0 fully saturated rings. The smallest absolute Gasteiger partial charge is 0.262 e. The van der Waals surface area contributed by atoms with E-state index in [2.05, 4.69) is 20.8 Å². The first-order valence-electron chi connectivity index (χ1n) is 12.4. The number of amides is 2. The molecule has 0 saturated carbocycles. The molecular weight excluding hydrogens is 488 g/mol. The van der Waals surface area contributed by atoms with Gasteiger partial charge < -0.3 is 10.6 Å². The molecule has 1 atom stereocenters. The molecule has 2 N–H and O–H groups in total. The van der Waals surface area contributed by atoms with E-state index in [0.29, 0.717) is 33.9 Å². The predicted octanol–water partition coefficient (Wildman–Crippen LogP) is 4.27. The van der Waals surface area contributed by atoms with Crippen molar-refractivity contribution in [2.75, 3.05) is 11.1 Å². The zero-order chi connectivity index (χ0) is 26.7. The van der Waals surface area contributed by atoms with E-state index in [1.807, 2.05) is 58.9 Å². The molecule has 0 radical (unpaired) electrons. The summed E-state index contributed by atoms with van der Waals surface area (Å²) in [5, 5.41) is 15.5. The quantitative estimate of drug-likeness (QED) is 0.319. The third kappa shape index (κ3) is 5.69. The maximum Gasteiger partial charge on any atom is 0.262 e. The monoisotopic (exact) mass is 520 g/mol. The molecule has 4 aromatic rings. The molecule has 2 aromatic heterocycles. The van der Waals surface area contributed by atoms with Crippen LogP contribution in [-0.4, -0.2) is 42.8 Å². The summed E-state index contributed by atoms with van der Waals surface area (Å²) in [7, 11) is 0. The summed E-state index contributed by atoms with van der Waals surface area (Å²) < 4.78 is 3.38. The Morgan fingerprint density at radius 3 is 2.54 bits per heavy atom. The maximum absolute atomic E-state index is 13.4. The second-order valence-electron chi connectivity index (χ2n) is 9.59. The van der Waals surface area contributed by atoms with Crippen LogP contribution in [-0.2, 0) is 11.3 Å². The number of thioether (sulfide) groups is 1. The van der Waals surface area contributed by atoms with Gasteiger partial charge in [0.25, 0.3) is 11.5 Å². The highest BCUT2D eigenvalue weighted by atomic mass is 32.2. The Morgan fingerprint density at radius 1 is 1.08 bits per heavy atom. The van der Waals surface area contributed by atoms with Crippen LogP contribution < -0.4 is 16.2 Å². The predicted molar refractivity (Wildman–Crippen MR) is 147 cm³/mol. The summed E-state index contributed by atoms with van der Waals surface area (Å²) >= 11 is 1.23. The van der Waals surface area contributed by atoms with E-state index in [-0.39, 0.29) is 35.1 Å². The van der Waals surface area contributed by atoms with Crippen LogP contribution in [0.5, 0.6) is 0 Å². The van der Waals surface area contributed by atoms with Crippen LogP contribution in [0.4, 0.5) is 5.69 Å². The van der Waals surface area contributed by atoms with Gasteiger partial charge in [0, 0.05) is 23.8 Å². The number of fused-ring (bicyclic) bond motifs is 3. The lowest BCUT2D eigenvalue weighted by atomic mass is 10.1. The van der Waals surface area contributed by atoms with Gasteiger partial charge in [-0.15, -0.1) is 10.2 Å². The summed E-state index contributed by atoms with van der Waals surface area (Å²) in [5.41, 5.74) is 2.51. The van der Waals surface area contributed by atoms with Crippen molar-refractivity contribution in [2.24, 2.45) is 5.92 Å². The van der Waals surface area contributed by atoms with Gasteiger partial charge in [-0.2, -0.15) is 0 Å². The number of aromatic nitrogens is 4. The highest BCUT2D eigenvalue weighted by Crippen LogP contribution is 2.24. The van der Waals surface area contributed by atoms with E-state index in [9.17, 15) is 14.4 Å². The van der Waals surface area contributed by atoms with Crippen LogP contribution in [0.3, 0.4) is 0 Å². The summed E-state index contributed by atoms with van der Waals surface area (Å²) in [5.74, 6) is 0.300. The van der Waals surface area contributed by atoms with E-state index < -0.39 is 0 Å². The fourth-order valence-electron chi connectivity index (χ4n) is 3.98. The van der Waals surface area contributed by atoms with Crippen molar-refractivity contribution in [3.63, 3.8) is 0 Å². The van der Waals surface area contributed by atoms with E-state index in [4.69, 9.17) is 0 Å². The standard InChI is InChI=1S/C27H32N6O3S/c1-6-18(5)28-24(35)19-11-12-20-22(13-19)33-26(32(25(20)36)14-16(2)3)30-31-27(33)37-15-23(34)29-21-10-8-7-9-17(21)4/h7-13,16,18H,6,14-15H2,1-5H3,(H,28,35)(H,29,34)/t18-/m1/s1. The molecule has 0 bridgehead atoms. The Hall–Kier alpha value is -3.66. The molecule has 0 aliphatic rings. The first-order chi connectivity index (χ1) is 17.7. The number of benzene rings is 2. The van der Waals surface area contributed by atoms with Gasteiger partial charge in [0.15, 0.2) is 5.16 Å². The highest BCUT2D eigenvalue weighted by Gasteiger charge is 2.20. The lowest BCUT2D eigenvalue weighted by Crippen LogP contribution is -2.32. The van der Waals surface area contributed by atoms with Gasteiger partial charge in [0.2, 0.25) is 11.7 Å². The number of hydrogen-bond donors (Lipinski definition) is 2. The number of hydrogen-bond acceptors (Lipinski definition) is 6. The molecule has 0 spiro atoms. The fraction of sp³-hybridized carbons (Fsp3) is 0.370. The van der Waals surface area contributed by atoms with Crippen LogP contribution >= 0.6 is 11.8 Å². The topological polar surface area (TPSA) is 110 Å². The van der Waals surface area contributed by atoms with E-state index in [1.165, 1.54) is 11.8 Å². The normalized spacial score (nSPS) is 12.3. The minimum absolute atomic E-state index is 0.0232. The largest absolute Gasteiger partial charge is 0.350 e. The molecule has 9 nitrogen and oxygen atoms in total. The second kappa shape index (κ2) is 11.2. The summed E-state index contributed by atoms with van der Waals surface area (Å²) in [4.78, 5) is 38.9. The number of nitrogens with zero attached hydrogens (tertiary/aromatic N) is 4. The average Bonchev–Trinajstić information content (AvgIpc) is 3.30.